The van der Waals surface area contributed by atoms with E-state index in [1.807, 2.05) is 0 Å². The van der Waals surface area contributed by atoms with E-state index in [0.29, 0.717) is 10.2 Å². The monoisotopic (exact) mass is 349 g/mol. The lowest BCUT2D eigenvalue weighted by Gasteiger charge is -2.23. The van der Waals surface area contributed by atoms with Gasteiger partial charge in [-0.15, -0.1) is 0 Å². The molecule has 1 saturated heterocycles. The number of anilines is 1. The van der Waals surface area contributed by atoms with Gasteiger partial charge in [-0.2, -0.15) is 0 Å². The van der Waals surface area contributed by atoms with E-state index in [-0.39, 0.29) is 29.9 Å². The molecule has 102 valence electrons. The zero-order valence-electron chi connectivity index (χ0n) is 9.60. The fourth-order valence-electron chi connectivity index (χ4n) is 1.62. The molecule has 3 N–H and O–H groups in total. The van der Waals surface area contributed by atoms with Crippen molar-refractivity contribution in [2.45, 2.75) is 6.04 Å². The van der Waals surface area contributed by atoms with Gasteiger partial charge >= 0.3 is 0 Å². The number of halogens is 3. The second-order valence-electron chi connectivity index (χ2n) is 3.97. The molecule has 1 fully saturated rings. The second-order valence-corrected chi connectivity index (χ2v) is 5.23. The lowest BCUT2D eigenvalue weighted by Crippen LogP contribution is -2.56. The summed E-state index contributed by atoms with van der Waals surface area (Å²) in [5.74, 6) is -1.02. The Labute approximate surface area is 122 Å². The molecule has 2 rings (SSSR count). The average Bonchev–Trinajstić information content (AvgIpc) is 2.34. The SMILES string of the molecule is O=C1CNC(C(=O)Nc2c(Cl)cc(F)cc2Br)CN1. The summed E-state index contributed by atoms with van der Waals surface area (Å²) >= 11 is 9.00. The quantitative estimate of drug-likeness (QED) is 0.752. The van der Waals surface area contributed by atoms with Gasteiger partial charge in [-0.1, -0.05) is 11.6 Å². The molecule has 0 bridgehead atoms. The van der Waals surface area contributed by atoms with Gasteiger partial charge in [0.25, 0.3) is 0 Å². The molecule has 19 heavy (non-hydrogen) atoms. The van der Waals surface area contributed by atoms with Gasteiger partial charge in [0.2, 0.25) is 11.8 Å². The minimum Gasteiger partial charge on any atom is -0.353 e. The zero-order chi connectivity index (χ0) is 14.0. The van der Waals surface area contributed by atoms with Crippen LogP contribution in [0.2, 0.25) is 5.02 Å². The van der Waals surface area contributed by atoms with E-state index in [0.717, 1.165) is 6.07 Å². The van der Waals surface area contributed by atoms with Gasteiger partial charge in [0.05, 0.1) is 17.3 Å². The molecular weight excluding hydrogens is 340 g/mol. The minimum absolute atomic E-state index is 0.0798. The van der Waals surface area contributed by atoms with E-state index in [2.05, 4.69) is 31.9 Å². The van der Waals surface area contributed by atoms with Crippen LogP contribution < -0.4 is 16.0 Å². The average molecular weight is 351 g/mol. The predicted molar refractivity (Wildman–Crippen MR) is 72.5 cm³/mol. The molecule has 0 saturated carbocycles. The van der Waals surface area contributed by atoms with E-state index in [1.165, 1.54) is 6.07 Å². The summed E-state index contributed by atoms with van der Waals surface area (Å²) in [5.41, 5.74) is 0.298. The van der Waals surface area contributed by atoms with E-state index < -0.39 is 11.9 Å². The third-order valence-corrected chi connectivity index (χ3v) is 3.51. The van der Waals surface area contributed by atoms with Gasteiger partial charge in [-0.05, 0) is 28.1 Å². The molecule has 1 aromatic carbocycles. The largest absolute Gasteiger partial charge is 0.353 e. The van der Waals surface area contributed by atoms with E-state index >= 15 is 0 Å². The Morgan fingerprint density at radius 2 is 2.26 bits per heavy atom. The number of nitrogens with one attached hydrogen (secondary N) is 3. The molecular formula is C11H10BrClFN3O2. The molecule has 1 aliphatic rings. The summed E-state index contributed by atoms with van der Waals surface area (Å²) in [5, 5.41) is 8.04. The predicted octanol–water partition coefficient (Wildman–Crippen LogP) is 1.27. The maximum atomic E-state index is 13.1. The van der Waals surface area contributed by atoms with E-state index in [9.17, 15) is 14.0 Å². The molecule has 1 unspecified atom stereocenters. The highest BCUT2D eigenvalue weighted by atomic mass is 79.9. The van der Waals surface area contributed by atoms with Crippen molar-refractivity contribution < 1.29 is 14.0 Å². The summed E-state index contributed by atoms with van der Waals surface area (Å²) < 4.78 is 13.4. The maximum Gasteiger partial charge on any atom is 0.243 e. The number of hydrogen-bond donors (Lipinski definition) is 3. The smallest absolute Gasteiger partial charge is 0.243 e. The minimum atomic E-state index is -0.550. The first-order valence-electron chi connectivity index (χ1n) is 5.43. The van der Waals surface area contributed by atoms with Crippen molar-refractivity contribution in [1.29, 1.82) is 0 Å². The standard InChI is InChI=1S/C11H10BrClFN3O2/c12-6-1-5(14)2-7(13)10(6)17-11(19)8-3-16-9(18)4-15-8/h1-2,8,15H,3-4H2,(H,16,18)(H,17,19). The summed E-state index contributed by atoms with van der Waals surface area (Å²) in [6.07, 6.45) is 0. The molecule has 1 aromatic rings. The number of amides is 2. The van der Waals surface area contributed by atoms with Crippen molar-refractivity contribution in [2.24, 2.45) is 0 Å². The number of hydrogen-bond acceptors (Lipinski definition) is 3. The second kappa shape index (κ2) is 5.85. The van der Waals surface area contributed by atoms with Crippen LogP contribution in [0.15, 0.2) is 16.6 Å². The van der Waals surface area contributed by atoms with Crippen molar-refractivity contribution in [3.8, 4) is 0 Å². The third-order valence-electron chi connectivity index (χ3n) is 2.58. The maximum absolute atomic E-state index is 13.1. The van der Waals surface area contributed by atoms with Gasteiger partial charge < -0.3 is 10.6 Å². The van der Waals surface area contributed by atoms with Crippen molar-refractivity contribution in [3.63, 3.8) is 0 Å². The Hall–Kier alpha value is -1.18. The summed E-state index contributed by atoms with van der Waals surface area (Å²) in [4.78, 5) is 22.9. The topological polar surface area (TPSA) is 70.2 Å². The van der Waals surface area contributed by atoms with E-state index in [4.69, 9.17) is 11.6 Å². The Morgan fingerprint density at radius 1 is 1.53 bits per heavy atom. The fourth-order valence-corrected chi connectivity index (χ4v) is 2.52. The van der Waals surface area contributed by atoms with Gasteiger partial charge in [-0.3, -0.25) is 14.9 Å². The van der Waals surface area contributed by atoms with Crippen LogP contribution in [0.25, 0.3) is 0 Å². The molecule has 0 aliphatic carbocycles. The molecule has 5 nitrogen and oxygen atoms in total. The van der Waals surface area contributed by atoms with Crippen LogP contribution in [0.1, 0.15) is 0 Å². The third kappa shape index (κ3) is 3.43. The van der Waals surface area contributed by atoms with Gasteiger partial charge in [0.1, 0.15) is 11.9 Å². The van der Waals surface area contributed by atoms with Crippen molar-refractivity contribution >= 4 is 45.0 Å². The van der Waals surface area contributed by atoms with Crippen molar-refractivity contribution in [2.75, 3.05) is 18.4 Å². The molecule has 8 heteroatoms. The molecule has 1 atom stereocenters. The van der Waals surface area contributed by atoms with Crippen LogP contribution in [-0.4, -0.2) is 30.9 Å². The molecule has 2 amide bonds. The van der Waals surface area contributed by atoms with Crippen LogP contribution in [0.4, 0.5) is 10.1 Å². The van der Waals surface area contributed by atoms with Crippen LogP contribution in [0.5, 0.6) is 0 Å². The molecule has 0 spiro atoms. The number of carbonyl (C=O) groups is 2. The van der Waals surface area contributed by atoms with Crippen LogP contribution in [0.3, 0.4) is 0 Å². The highest BCUT2D eigenvalue weighted by Crippen LogP contribution is 2.31. The number of rotatable bonds is 2. The summed E-state index contributed by atoms with van der Waals surface area (Å²) in [6, 6.07) is 1.76. The summed E-state index contributed by atoms with van der Waals surface area (Å²) in [6.45, 7) is 0.275. The summed E-state index contributed by atoms with van der Waals surface area (Å²) in [7, 11) is 0. The number of benzene rings is 1. The van der Waals surface area contributed by atoms with Gasteiger partial charge in [0, 0.05) is 11.0 Å². The first-order chi connectivity index (χ1) is 8.97. The molecule has 1 heterocycles. The van der Waals surface area contributed by atoms with Crippen molar-refractivity contribution in [1.82, 2.24) is 10.6 Å². The van der Waals surface area contributed by atoms with Crippen LogP contribution in [-0.2, 0) is 9.59 Å². The zero-order valence-corrected chi connectivity index (χ0v) is 11.9. The van der Waals surface area contributed by atoms with Crippen molar-refractivity contribution in [3.05, 3.63) is 27.4 Å². The Kier molecular flexibility index (Phi) is 4.38. The first kappa shape index (κ1) is 14.2. The number of piperazine rings is 1. The van der Waals surface area contributed by atoms with Crippen LogP contribution >= 0.6 is 27.5 Å². The first-order valence-corrected chi connectivity index (χ1v) is 6.60. The molecule has 0 radical (unpaired) electrons. The Balaban J connectivity index is 2.09. The number of carbonyl (C=O) groups excluding carboxylic acids is 2. The highest BCUT2D eigenvalue weighted by Gasteiger charge is 2.24. The van der Waals surface area contributed by atoms with E-state index in [1.54, 1.807) is 0 Å². The van der Waals surface area contributed by atoms with Gasteiger partial charge in [0.15, 0.2) is 0 Å². The van der Waals surface area contributed by atoms with Crippen LogP contribution in [0, 0.1) is 5.82 Å². The normalized spacial score (nSPS) is 18.9. The lowest BCUT2D eigenvalue weighted by molar-refractivity contribution is -0.124. The highest BCUT2D eigenvalue weighted by molar-refractivity contribution is 9.10. The molecule has 1 aliphatic heterocycles. The molecule has 0 aromatic heterocycles. The fraction of sp³-hybridized carbons (Fsp3) is 0.273. The lowest BCUT2D eigenvalue weighted by atomic mass is 10.2. The Bertz CT molecular complexity index is 508. The van der Waals surface area contributed by atoms with Gasteiger partial charge in [-0.25, -0.2) is 4.39 Å². The Morgan fingerprint density at radius 3 is 2.84 bits per heavy atom.